The molecule has 4 atom stereocenters. The molecular weight excluding hydrogens is 324 g/mol. The number of aliphatic hydroxyl groups excluding tert-OH is 3. The number of esters is 1. The minimum absolute atomic E-state index is 0.0399. The number of allylic oxidation sites excluding steroid dienone is 4. The molecule has 4 N–H and O–H groups in total. The molecule has 0 spiro atoms. The van der Waals surface area contributed by atoms with Gasteiger partial charge in [0.25, 0.3) is 0 Å². The third kappa shape index (κ3) is 8.60. The van der Waals surface area contributed by atoms with Gasteiger partial charge >= 0.3 is 5.97 Å². The normalized spacial score (nSPS) is 23.6. The van der Waals surface area contributed by atoms with Crippen LogP contribution in [0.5, 0.6) is 0 Å². The van der Waals surface area contributed by atoms with E-state index in [1.165, 1.54) is 31.2 Å². The highest BCUT2D eigenvalue weighted by Crippen LogP contribution is 2.19. The molecule has 0 amide bonds. The van der Waals surface area contributed by atoms with Gasteiger partial charge in [-0.25, -0.2) is 4.79 Å². The molecule has 1 rings (SSSR count). The fraction of sp³-hybridized carbons (Fsp3) is 0.421. The average Bonchev–Trinajstić information content (AvgIpc) is 2.56. The highest BCUT2D eigenvalue weighted by Gasteiger charge is 2.29. The van der Waals surface area contributed by atoms with Crippen LogP contribution in [0, 0.1) is 0 Å². The van der Waals surface area contributed by atoms with Crippen LogP contribution in [0.4, 0.5) is 0 Å². The Morgan fingerprint density at radius 2 is 2.04 bits per heavy atom. The van der Waals surface area contributed by atoms with E-state index in [1.54, 1.807) is 36.5 Å². The molecule has 1 aliphatic heterocycles. The number of hydrogen-bond donors (Lipinski definition) is 4. The van der Waals surface area contributed by atoms with Gasteiger partial charge < -0.3 is 25.2 Å². The third-order valence-corrected chi connectivity index (χ3v) is 3.59. The van der Waals surface area contributed by atoms with Crippen LogP contribution in [0.2, 0.25) is 0 Å². The Labute approximate surface area is 147 Å². The van der Waals surface area contributed by atoms with Crippen LogP contribution < -0.4 is 0 Å². The Morgan fingerprint density at radius 3 is 2.72 bits per heavy atom. The lowest BCUT2D eigenvalue weighted by Crippen LogP contribution is -2.39. The zero-order valence-corrected chi connectivity index (χ0v) is 14.2. The van der Waals surface area contributed by atoms with Crippen LogP contribution in [0.3, 0.4) is 0 Å². The number of ether oxygens (including phenoxy) is 1. The molecule has 25 heavy (non-hydrogen) atoms. The lowest BCUT2D eigenvalue weighted by atomic mass is 9.93. The second-order valence-electron chi connectivity index (χ2n) is 5.90. The van der Waals surface area contributed by atoms with Crippen molar-refractivity contribution < 1.29 is 30.0 Å². The molecule has 0 aromatic rings. The molecule has 0 aromatic carbocycles. The molecule has 0 saturated heterocycles. The molecule has 0 aliphatic carbocycles. The summed E-state index contributed by atoms with van der Waals surface area (Å²) < 4.78 is 5.04. The number of carbonyl (C=O) groups is 1. The maximum absolute atomic E-state index is 11.1. The van der Waals surface area contributed by atoms with E-state index in [1.807, 2.05) is 0 Å². The molecule has 0 bridgehead atoms. The number of aliphatic hydroxyl groups is 4. The van der Waals surface area contributed by atoms with Gasteiger partial charge in [-0.05, 0) is 13.0 Å². The van der Waals surface area contributed by atoms with Crippen LogP contribution in [0.15, 0.2) is 60.8 Å². The zero-order valence-electron chi connectivity index (χ0n) is 14.2. The Morgan fingerprint density at radius 1 is 1.32 bits per heavy atom. The number of hydrogen-bond acceptors (Lipinski definition) is 6. The first-order valence-corrected chi connectivity index (χ1v) is 8.11. The van der Waals surface area contributed by atoms with Crippen molar-refractivity contribution in [1.29, 1.82) is 0 Å². The minimum atomic E-state index is -1.57. The Hall–Kier alpha value is -1.99. The maximum atomic E-state index is 11.1. The van der Waals surface area contributed by atoms with Gasteiger partial charge in [0, 0.05) is 18.9 Å². The molecule has 0 fully saturated rings. The summed E-state index contributed by atoms with van der Waals surface area (Å²) in [5.74, 6) is -0.441. The number of cyclic esters (lactones) is 1. The number of rotatable bonds is 9. The van der Waals surface area contributed by atoms with E-state index in [9.17, 15) is 20.1 Å². The molecule has 4 unspecified atom stereocenters. The summed E-state index contributed by atoms with van der Waals surface area (Å²) >= 11 is 0. The quantitative estimate of drug-likeness (QED) is 0.280. The van der Waals surface area contributed by atoms with Gasteiger partial charge in [0.05, 0.1) is 18.8 Å². The van der Waals surface area contributed by atoms with Gasteiger partial charge in [0.2, 0.25) is 0 Å². The standard InChI is InChI=1S/C19H26O6/c1-19(24,12-11-16-9-7-10-18(23)25-16)17(22)14-15(21)8-5-3-2-4-6-13-20/h2-8,10-12,15-17,20-22,24H,9,13-14H2,1H3/b3-2-,6-4+,8-5-,12-11+. The zero-order chi connectivity index (χ0) is 18.7. The van der Waals surface area contributed by atoms with E-state index in [0.29, 0.717) is 6.42 Å². The summed E-state index contributed by atoms with van der Waals surface area (Å²) in [4.78, 5) is 11.1. The van der Waals surface area contributed by atoms with Crippen molar-refractivity contribution >= 4 is 5.97 Å². The molecule has 0 saturated carbocycles. The van der Waals surface area contributed by atoms with E-state index >= 15 is 0 Å². The van der Waals surface area contributed by atoms with Gasteiger partial charge in [-0.1, -0.05) is 48.6 Å². The van der Waals surface area contributed by atoms with E-state index < -0.39 is 29.9 Å². The average molecular weight is 350 g/mol. The molecule has 0 radical (unpaired) electrons. The summed E-state index contributed by atoms with van der Waals surface area (Å²) in [5, 5.41) is 38.9. The van der Waals surface area contributed by atoms with E-state index in [4.69, 9.17) is 9.84 Å². The Balaban J connectivity index is 2.50. The first-order chi connectivity index (χ1) is 11.8. The SMILES string of the molecule is CC(O)(/C=C/C1CC=CC(=O)O1)C(O)CC(O)\C=C/C=C\C=C\CO. The second-order valence-corrected chi connectivity index (χ2v) is 5.90. The Bertz CT molecular complexity index is 556. The summed E-state index contributed by atoms with van der Waals surface area (Å²) in [5.41, 5.74) is -1.57. The smallest absolute Gasteiger partial charge is 0.331 e. The molecule has 138 valence electrons. The van der Waals surface area contributed by atoms with Crippen molar-refractivity contribution in [3.8, 4) is 0 Å². The molecule has 0 aromatic heterocycles. The van der Waals surface area contributed by atoms with Crippen LogP contribution in [-0.4, -0.2) is 56.9 Å². The predicted molar refractivity (Wildman–Crippen MR) is 94.5 cm³/mol. The predicted octanol–water partition coefficient (Wildman–Crippen LogP) is 0.938. The van der Waals surface area contributed by atoms with Crippen molar-refractivity contribution in [2.24, 2.45) is 0 Å². The molecule has 6 nitrogen and oxygen atoms in total. The largest absolute Gasteiger partial charge is 0.455 e. The van der Waals surface area contributed by atoms with Gasteiger partial charge in [-0.2, -0.15) is 0 Å². The topological polar surface area (TPSA) is 107 Å². The van der Waals surface area contributed by atoms with Crippen molar-refractivity contribution in [2.45, 2.75) is 43.7 Å². The lowest BCUT2D eigenvalue weighted by molar-refractivity contribution is -0.141. The van der Waals surface area contributed by atoms with Crippen molar-refractivity contribution in [2.75, 3.05) is 6.61 Å². The maximum Gasteiger partial charge on any atom is 0.331 e. The molecule has 6 heteroatoms. The first kappa shape index (κ1) is 21.1. The van der Waals surface area contributed by atoms with E-state index in [2.05, 4.69) is 0 Å². The summed E-state index contributed by atoms with van der Waals surface area (Å²) in [6.07, 6.45) is 13.5. The fourth-order valence-corrected chi connectivity index (χ4v) is 2.07. The highest BCUT2D eigenvalue weighted by atomic mass is 16.5. The van der Waals surface area contributed by atoms with Crippen LogP contribution >= 0.6 is 0 Å². The first-order valence-electron chi connectivity index (χ1n) is 8.11. The van der Waals surface area contributed by atoms with Gasteiger partial charge in [0.15, 0.2) is 0 Å². The molecular formula is C19H26O6. The van der Waals surface area contributed by atoms with Crippen LogP contribution in [0.25, 0.3) is 0 Å². The summed E-state index contributed by atoms with van der Waals surface area (Å²) in [7, 11) is 0. The van der Waals surface area contributed by atoms with Crippen molar-refractivity contribution in [1.82, 2.24) is 0 Å². The number of carbonyl (C=O) groups excluding carboxylic acids is 1. The van der Waals surface area contributed by atoms with Gasteiger partial charge in [0.1, 0.15) is 11.7 Å². The second kappa shape index (κ2) is 10.8. The van der Waals surface area contributed by atoms with Crippen molar-refractivity contribution in [3.63, 3.8) is 0 Å². The molecule has 1 aliphatic rings. The summed E-state index contributed by atoms with van der Waals surface area (Å²) in [6.45, 7) is 1.38. The van der Waals surface area contributed by atoms with Gasteiger partial charge in [-0.15, -0.1) is 0 Å². The van der Waals surface area contributed by atoms with Crippen molar-refractivity contribution in [3.05, 3.63) is 60.8 Å². The highest BCUT2D eigenvalue weighted by molar-refractivity contribution is 5.82. The Kier molecular flexibility index (Phi) is 9.08. The van der Waals surface area contributed by atoms with Crippen LogP contribution in [-0.2, 0) is 9.53 Å². The van der Waals surface area contributed by atoms with Crippen LogP contribution in [0.1, 0.15) is 19.8 Å². The van der Waals surface area contributed by atoms with Gasteiger partial charge in [-0.3, -0.25) is 0 Å². The third-order valence-electron chi connectivity index (χ3n) is 3.59. The van der Waals surface area contributed by atoms with E-state index in [-0.39, 0.29) is 13.0 Å². The van der Waals surface area contributed by atoms with E-state index in [0.717, 1.165) is 0 Å². The molecule has 1 heterocycles. The summed E-state index contributed by atoms with van der Waals surface area (Å²) in [6, 6.07) is 0. The fourth-order valence-electron chi connectivity index (χ4n) is 2.07. The monoisotopic (exact) mass is 350 g/mol. The minimum Gasteiger partial charge on any atom is -0.455 e. The lowest BCUT2D eigenvalue weighted by Gasteiger charge is -2.27.